The molecule has 106 valence electrons. The lowest BCUT2D eigenvalue weighted by molar-refractivity contribution is -0.139. The third-order valence-corrected chi connectivity index (χ3v) is 2.82. The van der Waals surface area contributed by atoms with Crippen LogP contribution in [0.2, 0.25) is 0 Å². The van der Waals surface area contributed by atoms with E-state index in [9.17, 15) is 9.59 Å². The standard InChI is InChI=1S/C12H20N4O3/c1-8(2)16(5-4-10(17)18)12(19)11(13)9-6-14-15(3)7-9/h6-8,11H,4-5,13H2,1-3H3,(H,17,18). The normalized spacial score (nSPS) is 12.5. The highest BCUT2D eigenvalue weighted by Gasteiger charge is 2.25. The lowest BCUT2D eigenvalue weighted by Gasteiger charge is -2.28. The minimum absolute atomic E-state index is 0.0936. The van der Waals surface area contributed by atoms with Crippen molar-refractivity contribution < 1.29 is 14.7 Å². The average molecular weight is 268 g/mol. The van der Waals surface area contributed by atoms with Crippen molar-refractivity contribution in [3.8, 4) is 0 Å². The molecule has 1 rings (SSSR count). The van der Waals surface area contributed by atoms with Gasteiger partial charge in [-0.2, -0.15) is 5.10 Å². The lowest BCUT2D eigenvalue weighted by Crippen LogP contribution is -2.43. The van der Waals surface area contributed by atoms with Crippen molar-refractivity contribution in [2.24, 2.45) is 12.8 Å². The summed E-state index contributed by atoms with van der Waals surface area (Å²) >= 11 is 0. The molecule has 3 N–H and O–H groups in total. The van der Waals surface area contributed by atoms with Gasteiger partial charge in [-0.05, 0) is 13.8 Å². The van der Waals surface area contributed by atoms with E-state index in [1.807, 2.05) is 13.8 Å². The molecular formula is C12H20N4O3. The summed E-state index contributed by atoms with van der Waals surface area (Å²) in [5.74, 6) is -1.22. The molecule has 0 saturated heterocycles. The number of rotatable bonds is 6. The molecule has 0 radical (unpaired) electrons. The number of carbonyl (C=O) groups is 2. The summed E-state index contributed by atoms with van der Waals surface area (Å²) < 4.78 is 1.57. The van der Waals surface area contributed by atoms with E-state index in [0.717, 1.165) is 0 Å². The van der Waals surface area contributed by atoms with Gasteiger partial charge < -0.3 is 15.7 Å². The number of aryl methyl sites for hydroxylation is 1. The number of carboxylic acids is 1. The molecule has 1 aromatic heterocycles. The number of carbonyl (C=O) groups excluding carboxylic acids is 1. The van der Waals surface area contributed by atoms with Crippen molar-refractivity contribution in [3.63, 3.8) is 0 Å². The highest BCUT2D eigenvalue weighted by Crippen LogP contribution is 2.14. The Kier molecular flexibility index (Phi) is 5.05. The smallest absolute Gasteiger partial charge is 0.305 e. The van der Waals surface area contributed by atoms with E-state index < -0.39 is 12.0 Å². The largest absolute Gasteiger partial charge is 0.481 e. The Balaban J connectivity index is 2.78. The molecule has 0 aliphatic carbocycles. The van der Waals surface area contributed by atoms with Crippen molar-refractivity contribution in [2.75, 3.05) is 6.54 Å². The van der Waals surface area contributed by atoms with E-state index in [1.165, 1.54) is 11.1 Å². The van der Waals surface area contributed by atoms with Gasteiger partial charge in [0.2, 0.25) is 5.91 Å². The lowest BCUT2D eigenvalue weighted by atomic mass is 10.1. The summed E-state index contributed by atoms with van der Waals surface area (Å²) in [7, 11) is 1.74. The van der Waals surface area contributed by atoms with Crippen molar-refractivity contribution in [3.05, 3.63) is 18.0 Å². The molecule has 7 heteroatoms. The maximum Gasteiger partial charge on any atom is 0.305 e. The Morgan fingerprint density at radius 1 is 1.53 bits per heavy atom. The van der Waals surface area contributed by atoms with Crippen LogP contribution in [0, 0.1) is 0 Å². The molecule has 0 bridgehead atoms. The van der Waals surface area contributed by atoms with Crippen LogP contribution in [-0.4, -0.2) is 44.3 Å². The Hall–Kier alpha value is -1.89. The van der Waals surface area contributed by atoms with E-state index in [1.54, 1.807) is 17.9 Å². The zero-order valence-electron chi connectivity index (χ0n) is 11.4. The van der Waals surface area contributed by atoms with Crippen LogP contribution in [0.4, 0.5) is 0 Å². The zero-order valence-corrected chi connectivity index (χ0v) is 11.4. The Morgan fingerprint density at radius 2 is 2.16 bits per heavy atom. The van der Waals surface area contributed by atoms with Gasteiger partial charge in [0.15, 0.2) is 0 Å². The van der Waals surface area contributed by atoms with Crippen LogP contribution >= 0.6 is 0 Å². The van der Waals surface area contributed by atoms with E-state index >= 15 is 0 Å². The topological polar surface area (TPSA) is 101 Å². The van der Waals surface area contributed by atoms with Gasteiger partial charge >= 0.3 is 5.97 Å². The van der Waals surface area contributed by atoms with Crippen molar-refractivity contribution in [1.29, 1.82) is 0 Å². The van der Waals surface area contributed by atoms with Crippen molar-refractivity contribution >= 4 is 11.9 Å². The molecule has 1 atom stereocenters. The van der Waals surface area contributed by atoms with Crippen LogP contribution in [0.1, 0.15) is 31.9 Å². The van der Waals surface area contributed by atoms with Gasteiger partial charge in [0.05, 0.1) is 12.6 Å². The number of aliphatic carboxylic acids is 1. The number of amides is 1. The van der Waals surface area contributed by atoms with Crippen LogP contribution in [-0.2, 0) is 16.6 Å². The summed E-state index contributed by atoms with van der Waals surface area (Å²) in [6, 6.07) is -0.917. The van der Waals surface area contributed by atoms with Crippen molar-refractivity contribution in [2.45, 2.75) is 32.4 Å². The van der Waals surface area contributed by atoms with Crippen LogP contribution in [0.5, 0.6) is 0 Å². The molecule has 1 heterocycles. The van der Waals surface area contributed by atoms with Crippen LogP contribution in [0.3, 0.4) is 0 Å². The summed E-state index contributed by atoms with van der Waals surface area (Å²) in [6.45, 7) is 3.81. The maximum absolute atomic E-state index is 12.3. The molecule has 1 amide bonds. The van der Waals surface area contributed by atoms with Gasteiger partial charge in [0.1, 0.15) is 6.04 Å². The minimum atomic E-state index is -0.937. The van der Waals surface area contributed by atoms with Gasteiger partial charge in [0.25, 0.3) is 0 Å². The van der Waals surface area contributed by atoms with E-state index in [0.29, 0.717) is 5.56 Å². The fourth-order valence-electron chi connectivity index (χ4n) is 1.76. The molecule has 0 spiro atoms. The number of carboxylic acid groups (broad SMARTS) is 1. The number of nitrogens with zero attached hydrogens (tertiary/aromatic N) is 3. The highest BCUT2D eigenvalue weighted by molar-refractivity contribution is 5.83. The molecular weight excluding hydrogens is 248 g/mol. The first-order chi connectivity index (χ1) is 8.82. The number of aromatic nitrogens is 2. The van der Waals surface area contributed by atoms with Gasteiger partial charge in [0, 0.05) is 31.4 Å². The predicted octanol–water partition coefficient (Wildman–Crippen LogP) is 0.132. The second-order valence-electron chi connectivity index (χ2n) is 4.69. The monoisotopic (exact) mass is 268 g/mol. The first-order valence-corrected chi connectivity index (χ1v) is 6.09. The Bertz CT molecular complexity index is 456. The second kappa shape index (κ2) is 6.33. The van der Waals surface area contributed by atoms with Crippen LogP contribution in [0.25, 0.3) is 0 Å². The molecule has 1 aromatic rings. The quantitative estimate of drug-likeness (QED) is 0.763. The molecule has 0 fully saturated rings. The minimum Gasteiger partial charge on any atom is -0.481 e. The van der Waals surface area contributed by atoms with Gasteiger partial charge in [-0.25, -0.2) is 0 Å². The fourth-order valence-corrected chi connectivity index (χ4v) is 1.76. The second-order valence-corrected chi connectivity index (χ2v) is 4.69. The molecule has 0 saturated carbocycles. The van der Waals surface area contributed by atoms with Crippen LogP contribution in [0.15, 0.2) is 12.4 Å². The number of nitrogens with two attached hydrogens (primary N) is 1. The van der Waals surface area contributed by atoms with E-state index in [2.05, 4.69) is 5.10 Å². The number of hydrogen-bond donors (Lipinski definition) is 2. The summed E-state index contributed by atoms with van der Waals surface area (Å²) in [5, 5.41) is 12.7. The molecule has 0 aliphatic rings. The Labute approximate surface area is 112 Å². The SMILES string of the molecule is CC(C)N(CCC(=O)O)C(=O)C(N)c1cnn(C)c1. The first-order valence-electron chi connectivity index (χ1n) is 6.09. The third kappa shape index (κ3) is 4.06. The van der Waals surface area contributed by atoms with Gasteiger partial charge in [-0.15, -0.1) is 0 Å². The van der Waals surface area contributed by atoms with Crippen LogP contribution < -0.4 is 5.73 Å². The highest BCUT2D eigenvalue weighted by atomic mass is 16.4. The van der Waals surface area contributed by atoms with Gasteiger partial charge in [-0.3, -0.25) is 14.3 Å². The van der Waals surface area contributed by atoms with Gasteiger partial charge in [-0.1, -0.05) is 0 Å². The fraction of sp³-hybridized carbons (Fsp3) is 0.583. The van der Waals surface area contributed by atoms with Crippen molar-refractivity contribution in [1.82, 2.24) is 14.7 Å². The summed E-state index contributed by atoms with van der Waals surface area (Å²) in [6.07, 6.45) is 3.13. The van der Waals surface area contributed by atoms with E-state index in [-0.39, 0.29) is 24.9 Å². The predicted molar refractivity (Wildman–Crippen MR) is 69.2 cm³/mol. The zero-order chi connectivity index (χ0) is 14.6. The molecule has 0 aliphatic heterocycles. The molecule has 0 aromatic carbocycles. The molecule has 1 unspecified atom stereocenters. The summed E-state index contributed by atoms with van der Waals surface area (Å²) in [4.78, 5) is 24.4. The molecule has 19 heavy (non-hydrogen) atoms. The number of hydrogen-bond acceptors (Lipinski definition) is 4. The Morgan fingerprint density at radius 3 is 2.58 bits per heavy atom. The maximum atomic E-state index is 12.3. The van der Waals surface area contributed by atoms with E-state index in [4.69, 9.17) is 10.8 Å². The summed E-state index contributed by atoms with van der Waals surface area (Å²) in [5.41, 5.74) is 6.52. The third-order valence-electron chi connectivity index (χ3n) is 2.82. The average Bonchev–Trinajstić information content (AvgIpc) is 2.74. The first kappa shape index (κ1) is 15.2. The molecule has 7 nitrogen and oxygen atoms in total.